The van der Waals surface area contributed by atoms with Crippen LogP contribution in [-0.2, 0) is 9.59 Å². The zero-order valence-corrected chi connectivity index (χ0v) is 5.00. The molecule has 58 valence electrons. The van der Waals surface area contributed by atoms with Gasteiger partial charge >= 0.3 is 11.9 Å². The van der Waals surface area contributed by atoms with Crippen molar-refractivity contribution in [3.63, 3.8) is 0 Å². The Kier molecular flexibility index (Phi) is 1.79. The second kappa shape index (κ2) is 3.84. The molecular weight excluding hydrogens is 138 g/mol. The molecule has 4 N–H and O–H groups in total. The largest absolute Gasteiger partial charge is 0.481 e. The van der Waals surface area contributed by atoms with E-state index in [0.29, 0.717) is 0 Å². The molecule has 0 amide bonds. The van der Waals surface area contributed by atoms with Crippen molar-refractivity contribution in [1.29, 1.82) is 0 Å². The van der Waals surface area contributed by atoms with E-state index in [0.717, 1.165) is 0 Å². The summed E-state index contributed by atoms with van der Waals surface area (Å²) < 4.78 is 20.6. The Bertz CT molecular complexity index is 216. The Labute approximate surface area is 61.7 Å². The third kappa shape index (κ3) is 3.85. The SMILES string of the molecule is [2H]C([2H])(C[C@@]([2H])(N)C(=O)O)C(=O)O. The molecule has 0 aliphatic carbocycles. The predicted octanol–water partition coefficient (Wildman–Crippen LogP) is -0.737. The van der Waals surface area contributed by atoms with E-state index in [9.17, 15) is 9.59 Å². The number of carboxylic acid groups (broad SMARTS) is 2. The van der Waals surface area contributed by atoms with Gasteiger partial charge in [0.05, 0.1) is 1.37 Å². The fourth-order valence-electron chi connectivity index (χ4n) is 0.246. The average Bonchev–Trinajstić information content (AvgIpc) is 1.83. The number of nitrogens with two attached hydrogens (primary N) is 1. The van der Waals surface area contributed by atoms with Gasteiger partial charge in [-0.05, 0) is 6.42 Å². The van der Waals surface area contributed by atoms with Crippen molar-refractivity contribution in [1.82, 2.24) is 0 Å². The first-order valence-corrected chi connectivity index (χ1v) is 2.35. The van der Waals surface area contributed by atoms with Gasteiger partial charge in [0.15, 0.2) is 0 Å². The minimum atomic E-state index is -2.81. The molecule has 0 aromatic rings. The molecule has 0 fully saturated rings. The monoisotopic (exact) mass is 150 g/mol. The molecule has 1 atom stereocenters. The Hall–Kier alpha value is -1.10. The van der Waals surface area contributed by atoms with Crippen LogP contribution in [0.1, 0.15) is 16.9 Å². The van der Waals surface area contributed by atoms with Crippen molar-refractivity contribution in [3.05, 3.63) is 0 Å². The van der Waals surface area contributed by atoms with Crippen molar-refractivity contribution < 1.29 is 23.9 Å². The highest BCUT2D eigenvalue weighted by Crippen LogP contribution is 1.93. The minimum Gasteiger partial charge on any atom is -0.481 e. The van der Waals surface area contributed by atoms with E-state index in [1.54, 1.807) is 0 Å². The van der Waals surface area contributed by atoms with Crippen LogP contribution < -0.4 is 5.73 Å². The lowest BCUT2D eigenvalue weighted by Crippen LogP contribution is -2.30. The first kappa shape index (κ1) is 4.68. The van der Waals surface area contributed by atoms with Gasteiger partial charge in [-0.25, -0.2) is 0 Å². The number of rotatable bonds is 4. The summed E-state index contributed by atoms with van der Waals surface area (Å²) in [4.78, 5) is 20.5. The fourth-order valence-corrected chi connectivity index (χ4v) is 0.246. The van der Waals surface area contributed by atoms with Crippen molar-refractivity contribution in [2.75, 3.05) is 0 Å². The van der Waals surface area contributed by atoms with Gasteiger partial charge in [-0.3, -0.25) is 9.59 Å². The highest BCUT2D eigenvalue weighted by Gasteiger charge is 2.12. The normalized spacial score (nSPS) is 21.5. The van der Waals surface area contributed by atoms with Crippen LogP contribution in [0.25, 0.3) is 0 Å². The Balaban J connectivity index is 4.61. The average molecular weight is 150 g/mol. The van der Waals surface area contributed by atoms with Crippen LogP contribution in [0.15, 0.2) is 0 Å². The number of aliphatic carboxylic acids is 2. The summed E-state index contributed by atoms with van der Waals surface area (Å²) in [5, 5.41) is 16.6. The Morgan fingerprint density at radius 2 is 2.20 bits per heavy atom. The first-order valence-electron chi connectivity index (χ1n) is 3.85. The Morgan fingerprint density at radius 3 is 2.50 bits per heavy atom. The molecule has 0 aromatic heterocycles. The van der Waals surface area contributed by atoms with E-state index >= 15 is 0 Å². The van der Waals surface area contributed by atoms with E-state index in [1.807, 2.05) is 0 Å². The number of carbonyl (C=O) groups is 2. The van der Waals surface area contributed by atoms with Gasteiger partial charge in [0.1, 0.15) is 6.02 Å². The van der Waals surface area contributed by atoms with Crippen LogP contribution in [0, 0.1) is 0 Å². The number of hydrogen-bond acceptors (Lipinski definition) is 3. The van der Waals surface area contributed by atoms with E-state index in [2.05, 4.69) is 0 Å². The molecule has 0 saturated heterocycles. The van der Waals surface area contributed by atoms with Gasteiger partial charge < -0.3 is 15.9 Å². The lowest BCUT2D eigenvalue weighted by atomic mass is 10.2. The molecule has 10 heavy (non-hydrogen) atoms. The molecule has 0 bridgehead atoms. The fraction of sp³-hybridized carbons (Fsp3) is 0.600. The van der Waals surface area contributed by atoms with E-state index in [-0.39, 0.29) is 0 Å². The van der Waals surface area contributed by atoms with Crippen LogP contribution in [-0.4, -0.2) is 28.2 Å². The quantitative estimate of drug-likeness (QED) is 0.490. The summed E-state index contributed by atoms with van der Waals surface area (Å²) in [6, 6.07) is -2.62. The van der Waals surface area contributed by atoms with E-state index in [4.69, 9.17) is 20.1 Å². The molecular formula is C5H9NO4. The second-order valence-electron chi connectivity index (χ2n) is 1.49. The molecule has 0 spiro atoms. The molecule has 5 nitrogen and oxygen atoms in total. The Morgan fingerprint density at radius 1 is 1.70 bits per heavy atom. The predicted molar refractivity (Wildman–Crippen MR) is 32.5 cm³/mol. The van der Waals surface area contributed by atoms with Gasteiger partial charge in [-0.2, -0.15) is 0 Å². The zero-order valence-electron chi connectivity index (χ0n) is 8.00. The minimum absolute atomic E-state index is 1.11. The summed E-state index contributed by atoms with van der Waals surface area (Å²) in [7, 11) is 0. The highest BCUT2D eigenvalue weighted by molar-refractivity contribution is 5.74. The van der Waals surface area contributed by atoms with Gasteiger partial charge in [-0.1, -0.05) is 0 Å². The second-order valence-corrected chi connectivity index (χ2v) is 1.49. The number of carboxylic acids is 2. The summed E-state index contributed by atoms with van der Waals surface area (Å²) in [6.07, 6.45) is -3.92. The summed E-state index contributed by atoms with van der Waals surface area (Å²) in [5.74, 6) is -3.60. The molecule has 0 aliphatic heterocycles. The van der Waals surface area contributed by atoms with Gasteiger partial charge in [0, 0.05) is 9.11 Å². The maximum absolute atomic E-state index is 10.2. The van der Waals surface area contributed by atoms with Gasteiger partial charge in [-0.15, -0.1) is 0 Å². The molecule has 0 aliphatic rings. The van der Waals surface area contributed by atoms with E-state index in [1.165, 1.54) is 0 Å². The van der Waals surface area contributed by atoms with Crippen LogP contribution in [0.4, 0.5) is 0 Å². The summed E-state index contributed by atoms with van der Waals surface area (Å²) in [6.45, 7) is 0. The van der Waals surface area contributed by atoms with Crippen molar-refractivity contribution in [2.45, 2.75) is 18.8 Å². The van der Waals surface area contributed by atoms with Crippen molar-refractivity contribution >= 4 is 11.9 Å². The van der Waals surface area contributed by atoms with Crippen molar-refractivity contribution in [2.24, 2.45) is 5.73 Å². The smallest absolute Gasteiger partial charge is 0.320 e. The summed E-state index contributed by atoms with van der Waals surface area (Å²) >= 11 is 0. The van der Waals surface area contributed by atoms with Crippen LogP contribution in [0.3, 0.4) is 0 Å². The number of hydrogen-bond donors (Lipinski definition) is 3. The van der Waals surface area contributed by atoms with Crippen LogP contribution in [0.5, 0.6) is 0 Å². The third-order valence-electron chi connectivity index (χ3n) is 0.705. The molecule has 0 saturated carbocycles. The molecule has 0 rings (SSSR count). The van der Waals surface area contributed by atoms with Gasteiger partial charge in [0.2, 0.25) is 0 Å². The lowest BCUT2D eigenvalue weighted by molar-refractivity contribution is -0.139. The molecule has 0 heterocycles. The molecule has 5 heteroatoms. The molecule has 0 radical (unpaired) electrons. The molecule has 0 aromatic carbocycles. The maximum Gasteiger partial charge on any atom is 0.320 e. The van der Waals surface area contributed by atoms with Crippen LogP contribution >= 0.6 is 0 Å². The molecule has 0 unspecified atom stereocenters. The van der Waals surface area contributed by atoms with Crippen molar-refractivity contribution in [3.8, 4) is 0 Å². The standard InChI is InChI=1S/C5H9NO4/c6-3(5(9)10)1-2-4(7)8/h3H,1-2,6H2,(H,7,8)(H,9,10)/t3-/m1/s1/i2D2,3D. The zero-order chi connectivity index (χ0) is 10.9. The maximum atomic E-state index is 10.2. The highest BCUT2D eigenvalue weighted by atomic mass is 16.4. The van der Waals surface area contributed by atoms with E-state index < -0.39 is 30.8 Å². The topological polar surface area (TPSA) is 101 Å². The summed E-state index contributed by atoms with van der Waals surface area (Å²) in [5.41, 5.74) is 4.85. The third-order valence-corrected chi connectivity index (χ3v) is 0.705. The van der Waals surface area contributed by atoms with Crippen LogP contribution in [0.2, 0.25) is 0 Å². The lowest BCUT2D eigenvalue weighted by Gasteiger charge is -2.01. The van der Waals surface area contributed by atoms with Gasteiger partial charge in [0.25, 0.3) is 0 Å². The first-order chi connectivity index (χ1) is 5.59.